The molecule has 0 aromatic rings. The summed E-state index contributed by atoms with van der Waals surface area (Å²) in [7, 11) is 0. The molecule has 0 radical (unpaired) electrons. The molecule has 1 rings (SSSR count). The third-order valence-electron chi connectivity index (χ3n) is 1.59. The van der Waals surface area contributed by atoms with Crippen molar-refractivity contribution in [3.8, 4) is 6.07 Å². The molecule has 0 aromatic carbocycles. The Balaban J connectivity index is 2.34. The van der Waals surface area contributed by atoms with Crippen LogP contribution in [-0.4, -0.2) is 34.4 Å². The van der Waals surface area contributed by atoms with Gasteiger partial charge in [-0.25, -0.2) is 4.79 Å². The van der Waals surface area contributed by atoms with Crippen molar-refractivity contribution in [2.24, 2.45) is 0 Å². The van der Waals surface area contributed by atoms with Gasteiger partial charge in [0.25, 0.3) is 11.8 Å². The SMILES string of the molecule is N#CCSCC(=O)ON1C(=O)CCC1=O. The number of amides is 2. The first-order chi connectivity index (χ1) is 7.15. The quantitative estimate of drug-likeness (QED) is 0.491. The molecule has 0 saturated carbocycles. The van der Waals surface area contributed by atoms with Gasteiger partial charge < -0.3 is 4.84 Å². The number of thioether (sulfide) groups is 1. The van der Waals surface area contributed by atoms with E-state index >= 15 is 0 Å². The minimum absolute atomic E-state index is 0.0510. The summed E-state index contributed by atoms with van der Waals surface area (Å²) in [5.41, 5.74) is 0. The van der Waals surface area contributed by atoms with Crippen LogP contribution in [0.15, 0.2) is 0 Å². The summed E-state index contributed by atoms with van der Waals surface area (Å²) in [6.45, 7) is 0. The smallest absolute Gasteiger partial charge is 0.329 e. The molecule has 1 aliphatic rings. The number of hydroxylamine groups is 2. The lowest BCUT2D eigenvalue weighted by atomic mass is 10.4. The molecule has 7 heteroatoms. The lowest BCUT2D eigenvalue weighted by Crippen LogP contribution is -2.32. The standard InChI is InChI=1S/C8H8N2O4S/c9-3-4-15-5-8(13)14-10-6(11)1-2-7(10)12/h1-2,4-5H2. The molecule has 0 unspecified atom stereocenters. The van der Waals surface area contributed by atoms with E-state index in [1.165, 1.54) is 0 Å². The van der Waals surface area contributed by atoms with Crippen molar-refractivity contribution in [1.82, 2.24) is 5.06 Å². The Hall–Kier alpha value is -1.55. The first kappa shape index (κ1) is 11.5. The van der Waals surface area contributed by atoms with Crippen molar-refractivity contribution in [2.75, 3.05) is 11.5 Å². The largest absolute Gasteiger partial charge is 0.343 e. The molecule has 1 heterocycles. The highest BCUT2D eigenvalue weighted by Gasteiger charge is 2.32. The van der Waals surface area contributed by atoms with Crippen LogP contribution < -0.4 is 0 Å². The fraction of sp³-hybridized carbons (Fsp3) is 0.500. The van der Waals surface area contributed by atoms with Crippen molar-refractivity contribution >= 4 is 29.5 Å². The lowest BCUT2D eigenvalue weighted by Gasteiger charge is -2.11. The molecule has 0 aromatic heterocycles. The molecule has 2 amide bonds. The van der Waals surface area contributed by atoms with Gasteiger partial charge in [-0.3, -0.25) is 9.59 Å². The summed E-state index contributed by atoms with van der Waals surface area (Å²) in [5, 5.41) is 8.70. The van der Waals surface area contributed by atoms with Crippen LogP contribution in [0.3, 0.4) is 0 Å². The summed E-state index contributed by atoms with van der Waals surface area (Å²) in [6, 6.07) is 1.84. The second-order valence-electron chi connectivity index (χ2n) is 2.70. The van der Waals surface area contributed by atoms with Crippen molar-refractivity contribution < 1.29 is 19.2 Å². The van der Waals surface area contributed by atoms with Gasteiger partial charge in [0.2, 0.25) is 0 Å². The Morgan fingerprint density at radius 1 is 1.47 bits per heavy atom. The van der Waals surface area contributed by atoms with Crippen LogP contribution in [-0.2, 0) is 19.2 Å². The number of imide groups is 1. The second kappa shape index (κ2) is 5.36. The number of hydrogen-bond donors (Lipinski definition) is 0. The number of rotatable bonds is 4. The van der Waals surface area contributed by atoms with Crippen LogP contribution in [0.5, 0.6) is 0 Å². The van der Waals surface area contributed by atoms with Gasteiger partial charge in [-0.15, -0.1) is 16.8 Å². The van der Waals surface area contributed by atoms with Crippen molar-refractivity contribution in [2.45, 2.75) is 12.8 Å². The van der Waals surface area contributed by atoms with Gasteiger partial charge in [0, 0.05) is 12.8 Å². The summed E-state index contributed by atoms with van der Waals surface area (Å²) in [6.07, 6.45) is 0.162. The zero-order chi connectivity index (χ0) is 11.3. The van der Waals surface area contributed by atoms with Gasteiger partial charge in [-0.05, 0) is 0 Å². The van der Waals surface area contributed by atoms with Crippen molar-refractivity contribution in [3.05, 3.63) is 0 Å². The van der Waals surface area contributed by atoms with E-state index in [-0.39, 0.29) is 24.3 Å². The topological polar surface area (TPSA) is 87.5 Å². The molecule has 0 aliphatic carbocycles. The number of hydrogen-bond acceptors (Lipinski definition) is 6. The van der Waals surface area contributed by atoms with E-state index in [1.807, 2.05) is 6.07 Å². The Bertz CT molecular complexity index is 320. The maximum Gasteiger partial charge on any atom is 0.343 e. The molecular formula is C8H8N2O4S. The normalized spacial score (nSPS) is 15.3. The summed E-state index contributed by atoms with van der Waals surface area (Å²) < 4.78 is 0. The number of carbonyl (C=O) groups is 3. The second-order valence-corrected chi connectivity index (χ2v) is 3.68. The average molecular weight is 228 g/mol. The zero-order valence-corrected chi connectivity index (χ0v) is 8.58. The predicted octanol–water partition coefficient (Wildman–Crippen LogP) is -0.150. The van der Waals surface area contributed by atoms with E-state index in [9.17, 15) is 14.4 Å². The highest BCUT2D eigenvalue weighted by atomic mass is 32.2. The van der Waals surface area contributed by atoms with E-state index in [2.05, 4.69) is 4.84 Å². The maximum absolute atomic E-state index is 11.1. The van der Waals surface area contributed by atoms with Crippen LogP contribution in [0.4, 0.5) is 0 Å². The number of nitrogens with zero attached hydrogens (tertiary/aromatic N) is 2. The first-order valence-corrected chi connectivity index (χ1v) is 5.32. The molecule has 80 valence electrons. The van der Waals surface area contributed by atoms with Crippen molar-refractivity contribution in [1.29, 1.82) is 5.26 Å². The van der Waals surface area contributed by atoms with Gasteiger partial charge in [0.05, 0.1) is 17.6 Å². The molecule has 0 spiro atoms. The third-order valence-corrected chi connectivity index (χ3v) is 2.36. The molecule has 15 heavy (non-hydrogen) atoms. The molecule has 6 nitrogen and oxygen atoms in total. The highest BCUT2D eigenvalue weighted by Crippen LogP contribution is 2.12. The highest BCUT2D eigenvalue weighted by molar-refractivity contribution is 8.00. The van der Waals surface area contributed by atoms with Crippen LogP contribution in [0.2, 0.25) is 0 Å². The monoisotopic (exact) mass is 228 g/mol. The van der Waals surface area contributed by atoms with E-state index in [4.69, 9.17) is 5.26 Å². The van der Waals surface area contributed by atoms with Crippen LogP contribution >= 0.6 is 11.8 Å². The molecule has 1 fully saturated rings. The Morgan fingerprint density at radius 3 is 2.60 bits per heavy atom. The van der Waals surface area contributed by atoms with E-state index in [1.54, 1.807) is 0 Å². The van der Waals surface area contributed by atoms with Gasteiger partial charge in [0.1, 0.15) is 0 Å². The maximum atomic E-state index is 11.1. The Morgan fingerprint density at radius 2 is 2.07 bits per heavy atom. The van der Waals surface area contributed by atoms with E-state index in [0.717, 1.165) is 11.8 Å². The molecule has 0 N–H and O–H groups in total. The van der Waals surface area contributed by atoms with E-state index in [0.29, 0.717) is 5.06 Å². The van der Waals surface area contributed by atoms with Gasteiger partial charge in [0.15, 0.2) is 0 Å². The lowest BCUT2D eigenvalue weighted by molar-refractivity contribution is -0.195. The summed E-state index contributed by atoms with van der Waals surface area (Å²) in [4.78, 5) is 37.7. The van der Waals surface area contributed by atoms with Gasteiger partial charge >= 0.3 is 5.97 Å². The molecule has 1 saturated heterocycles. The minimum atomic E-state index is -0.696. The summed E-state index contributed by atoms with van der Waals surface area (Å²) in [5.74, 6) is -1.59. The van der Waals surface area contributed by atoms with E-state index < -0.39 is 17.8 Å². The summed E-state index contributed by atoms with van der Waals surface area (Å²) >= 11 is 1.06. The molecule has 0 bridgehead atoms. The van der Waals surface area contributed by atoms with Gasteiger partial charge in [-0.1, -0.05) is 0 Å². The Labute approximate surface area is 90.1 Å². The minimum Gasteiger partial charge on any atom is -0.329 e. The molecular weight excluding hydrogens is 220 g/mol. The average Bonchev–Trinajstić information content (AvgIpc) is 2.50. The number of nitriles is 1. The predicted molar refractivity (Wildman–Crippen MR) is 50.1 cm³/mol. The fourth-order valence-corrected chi connectivity index (χ4v) is 1.38. The third kappa shape index (κ3) is 3.25. The van der Waals surface area contributed by atoms with Crippen LogP contribution in [0.25, 0.3) is 0 Å². The fourth-order valence-electron chi connectivity index (χ4n) is 0.966. The zero-order valence-electron chi connectivity index (χ0n) is 7.76. The number of carbonyl (C=O) groups excluding carboxylic acids is 3. The van der Waals surface area contributed by atoms with Crippen molar-refractivity contribution in [3.63, 3.8) is 0 Å². The Kier molecular flexibility index (Phi) is 4.12. The van der Waals surface area contributed by atoms with Crippen LogP contribution in [0.1, 0.15) is 12.8 Å². The van der Waals surface area contributed by atoms with Gasteiger partial charge in [-0.2, -0.15) is 5.26 Å². The van der Waals surface area contributed by atoms with Crippen LogP contribution in [0, 0.1) is 11.3 Å². The molecule has 1 aliphatic heterocycles. The molecule has 0 atom stereocenters. The first-order valence-electron chi connectivity index (χ1n) is 4.16.